The van der Waals surface area contributed by atoms with Crippen LogP contribution in [-0.2, 0) is 0 Å². The van der Waals surface area contributed by atoms with Crippen molar-refractivity contribution in [3.63, 3.8) is 0 Å². The van der Waals surface area contributed by atoms with E-state index in [0.29, 0.717) is 0 Å². The van der Waals surface area contributed by atoms with Crippen LogP contribution in [0.25, 0.3) is 0 Å². The summed E-state index contributed by atoms with van der Waals surface area (Å²) in [6.45, 7) is 6.11. The second-order valence-electron chi connectivity index (χ2n) is 4.52. The molecule has 0 radical (unpaired) electrons. The topological polar surface area (TPSA) is 44.0 Å². The van der Waals surface area contributed by atoms with Crippen LogP contribution in [0.4, 0.5) is 0 Å². The van der Waals surface area contributed by atoms with Gasteiger partial charge < -0.3 is 5.11 Å². The number of phenolic OH excluding ortho intramolecular Hbond substituents is 1. The van der Waals surface area contributed by atoms with Crippen molar-refractivity contribution in [1.29, 1.82) is 5.26 Å². The zero-order chi connectivity index (χ0) is 10.8. The SMILES string of the molecule is CC(C)(C)C(C#N)c1ccc(O)cc1. The quantitative estimate of drug-likeness (QED) is 0.737. The van der Waals surface area contributed by atoms with Gasteiger partial charge in [-0.1, -0.05) is 32.9 Å². The summed E-state index contributed by atoms with van der Waals surface area (Å²) in [6.07, 6.45) is 0. The molecule has 1 aromatic rings. The van der Waals surface area contributed by atoms with Crippen LogP contribution < -0.4 is 0 Å². The number of phenols is 1. The lowest BCUT2D eigenvalue weighted by molar-refractivity contribution is 0.372. The molecule has 0 saturated heterocycles. The van der Waals surface area contributed by atoms with E-state index in [9.17, 15) is 0 Å². The van der Waals surface area contributed by atoms with Crippen LogP contribution in [0.1, 0.15) is 32.3 Å². The van der Waals surface area contributed by atoms with Crippen LogP contribution in [0, 0.1) is 16.7 Å². The van der Waals surface area contributed by atoms with E-state index in [4.69, 9.17) is 10.4 Å². The Hall–Kier alpha value is -1.49. The monoisotopic (exact) mass is 189 g/mol. The number of nitrogens with zero attached hydrogens (tertiary/aromatic N) is 1. The molecule has 0 fully saturated rings. The first-order valence-electron chi connectivity index (χ1n) is 4.63. The molecule has 1 aromatic carbocycles. The van der Waals surface area contributed by atoms with E-state index in [-0.39, 0.29) is 17.1 Å². The van der Waals surface area contributed by atoms with Crippen molar-refractivity contribution in [1.82, 2.24) is 0 Å². The van der Waals surface area contributed by atoms with Gasteiger partial charge in [0.1, 0.15) is 5.75 Å². The number of rotatable bonds is 1. The first-order valence-corrected chi connectivity index (χ1v) is 4.63. The summed E-state index contributed by atoms with van der Waals surface area (Å²) in [4.78, 5) is 0. The molecule has 0 saturated carbocycles. The normalized spacial score (nSPS) is 13.3. The van der Waals surface area contributed by atoms with Crippen LogP contribution in [0.3, 0.4) is 0 Å². The first kappa shape index (κ1) is 10.6. The average Bonchev–Trinajstić information content (AvgIpc) is 2.07. The van der Waals surface area contributed by atoms with Gasteiger partial charge in [-0.3, -0.25) is 0 Å². The zero-order valence-electron chi connectivity index (χ0n) is 8.78. The Morgan fingerprint density at radius 3 is 2.07 bits per heavy atom. The molecule has 14 heavy (non-hydrogen) atoms. The molecule has 0 spiro atoms. The second kappa shape index (κ2) is 3.71. The number of nitriles is 1. The van der Waals surface area contributed by atoms with E-state index in [0.717, 1.165) is 5.56 Å². The Labute approximate surface area is 84.8 Å². The Balaban J connectivity index is 3.04. The van der Waals surface area contributed by atoms with Crippen molar-refractivity contribution in [2.75, 3.05) is 0 Å². The molecule has 1 atom stereocenters. The minimum absolute atomic E-state index is 0.0777. The highest BCUT2D eigenvalue weighted by Gasteiger charge is 2.25. The van der Waals surface area contributed by atoms with Crippen LogP contribution in [0.2, 0.25) is 0 Å². The Morgan fingerprint density at radius 2 is 1.71 bits per heavy atom. The predicted molar refractivity (Wildman–Crippen MR) is 55.9 cm³/mol. The fraction of sp³-hybridized carbons (Fsp3) is 0.417. The molecule has 0 bridgehead atoms. The summed E-state index contributed by atoms with van der Waals surface area (Å²) >= 11 is 0. The fourth-order valence-electron chi connectivity index (χ4n) is 1.43. The van der Waals surface area contributed by atoms with E-state index < -0.39 is 0 Å². The van der Waals surface area contributed by atoms with E-state index >= 15 is 0 Å². The second-order valence-corrected chi connectivity index (χ2v) is 4.52. The molecule has 0 aromatic heterocycles. The summed E-state index contributed by atoms with van der Waals surface area (Å²) in [7, 11) is 0. The van der Waals surface area contributed by atoms with Gasteiger partial charge in [0.2, 0.25) is 0 Å². The number of hydrogen-bond acceptors (Lipinski definition) is 2. The maximum absolute atomic E-state index is 9.13. The Bertz CT molecular complexity index is 340. The average molecular weight is 189 g/mol. The minimum Gasteiger partial charge on any atom is -0.508 e. The number of aromatic hydroxyl groups is 1. The summed E-state index contributed by atoms with van der Waals surface area (Å²) in [5, 5.41) is 18.2. The maximum atomic E-state index is 9.13. The van der Waals surface area contributed by atoms with Gasteiger partial charge in [-0.2, -0.15) is 5.26 Å². The molecule has 1 rings (SSSR count). The van der Waals surface area contributed by atoms with Crippen LogP contribution >= 0.6 is 0 Å². The molecule has 74 valence electrons. The van der Waals surface area contributed by atoms with E-state index in [1.54, 1.807) is 24.3 Å². The van der Waals surface area contributed by atoms with Gasteiger partial charge in [0, 0.05) is 0 Å². The third-order valence-corrected chi connectivity index (χ3v) is 2.22. The highest BCUT2D eigenvalue weighted by molar-refractivity contribution is 5.32. The van der Waals surface area contributed by atoms with E-state index in [1.165, 1.54) is 0 Å². The summed E-state index contributed by atoms with van der Waals surface area (Å²) in [6, 6.07) is 9.13. The number of benzene rings is 1. The minimum atomic E-state index is -0.136. The van der Waals surface area contributed by atoms with Crippen molar-refractivity contribution in [3.8, 4) is 11.8 Å². The molecule has 2 heteroatoms. The molecular formula is C12H15NO. The van der Waals surface area contributed by atoms with Gasteiger partial charge in [0.25, 0.3) is 0 Å². The van der Waals surface area contributed by atoms with Gasteiger partial charge in [-0.25, -0.2) is 0 Å². The van der Waals surface area contributed by atoms with Gasteiger partial charge in [0.05, 0.1) is 12.0 Å². The fourth-order valence-corrected chi connectivity index (χ4v) is 1.43. The van der Waals surface area contributed by atoms with Crippen LogP contribution in [-0.4, -0.2) is 5.11 Å². The Kier molecular flexibility index (Phi) is 2.81. The van der Waals surface area contributed by atoms with Crippen molar-refractivity contribution in [2.45, 2.75) is 26.7 Å². The van der Waals surface area contributed by atoms with Crippen molar-refractivity contribution in [2.24, 2.45) is 5.41 Å². The van der Waals surface area contributed by atoms with E-state index in [1.807, 2.05) is 20.8 Å². The lowest BCUT2D eigenvalue weighted by Gasteiger charge is -2.24. The summed E-state index contributed by atoms with van der Waals surface area (Å²) < 4.78 is 0. The molecule has 1 N–H and O–H groups in total. The lowest BCUT2D eigenvalue weighted by Crippen LogP contribution is -2.16. The van der Waals surface area contributed by atoms with E-state index in [2.05, 4.69) is 6.07 Å². The standard InChI is InChI=1S/C12H15NO/c1-12(2,3)11(8-13)9-4-6-10(14)7-5-9/h4-7,11,14H,1-3H3. The predicted octanol–water partition coefficient (Wildman–Crippen LogP) is 3.05. The first-order chi connectivity index (χ1) is 6.45. The Morgan fingerprint density at radius 1 is 1.21 bits per heavy atom. The maximum Gasteiger partial charge on any atom is 0.115 e. The van der Waals surface area contributed by atoms with Crippen molar-refractivity contribution < 1.29 is 5.11 Å². The van der Waals surface area contributed by atoms with Crippen LogP contribution in [0.15, 0.2) is 24.3 Å². The molecule has 0 aliphatic heterocycles. The third-order valence-electron chi connectivity index (χ3n) is 2.22. The smallest absolute Gasteiger partial charge is 0.115 e. The van der Waals surface area contributed by atoms with Gasteiger partial charge >= 0.3 is 0 Å². The molecular weight excluding hydrogens is 174 g/mol. The molecule has 1 unspecified atom stereocenters. The van der Waals surface area contributed by atoms with Gasteiger partial charge in [0.15, 0.2) is 0 Å². The van der Waals surface area contributed by atoms with Crippen molar-refractivity contribution in [3.05, 3.63) is 29.8 Å². The largest absolute Gasteiger partial charge is 0.508 e. The molecule has 0 aliphatic rings. The van der Waals surface area contributed by atoms with Crippen molar-refractivity contribution >= 4 is 0 Å². The van der Waals surface area contributed by atoms with Crippen LogP contribution in [0.5, 0.6) is 5.75 Å². The number of hydrogen-bond donors (Lipinski definition) is 1. The molecule has 0 amide bonds. The van der Waals surface area contributed by atoms with Gasteiger partial charge in [-0.15, -0.1) is 0 Å². The zero-order valence-corrected chi connectivity index (χ0v) is 8.78. The third kappa shape index (κ3) is 2.26. The molecule has 0 heterocycles. The van der Waals surface area contributed by atoms with Gasteiger partial charge in [-0.05, 0) is 23.1 Å². The summed E-state index contributed by atoms with van der Waals surface area (Å²) in [5.74, 6) is 0.0995. The molecule has 2 nitrogen and oxygen atoms in total. The highest BCUT2D eigenvalue weighted by atomic mass is 16.3. The lowest BCUT2D eigenvalue weighted by atomic mass is 9.77. The molecule has 0 aliphatic carbocycles. The summed E-state index contributed by atoms with van der Waals surface area (Å²) in [5.41, 5.74) is 0.879. The highest BCUT2D eigenvalue weighted by Crippen LogP contribution is 2.34.